The quantitative estimate of drug-likeness (QED) is 0.765. The summed E-state index contributed by atoms with van der Waals surface area (Å²) in [6.45, 7) is 4.53. The Morgan fingerprint density at radius 3 is 2.87 bits per heavy atom. The van der Waals surface area contributed by atoms with Gasteiger partial charge in [0.15, 0.2) is 0 Å². The standard InChI is InChI=1S/C11H19N3O/c1-2-10-7-13-14(8-10)9-11(15)3-5-12-6-4-11/h7-8,12,15H,2-6,9H2,1H3. The summed E-state index contributed by atoms with van der Waals surface area (Å²) in [6, 6.07) is 0. The van der Waals surface area contributed by atoms with E-state index in [9.17, 15) is 5.11 Å². The number of nitrogens with zero attached hydrogens (tertiary/aromatic N) is 2. The van der Waals surface area contributed by atoms with Crippen LogP contribution >= 0.6 is 0 Å². The summed E-state index contributed by atoms with van der Waals surface area (Å²) < 4.78 is 1.87. The van der Waals surface area contributed by atoms with Crippen molar-refractivity contribution >= 4 is 0 Å². The van der Waals surface area contributed by atoms with E-state index in [0.717, 1.165) is 32.4 Å². The first-order chi connectivity index (χ1) is 7.22. The van der Waals surface area contributed by atoms with E-state index in [0.29, 0.717) is 6.54 Å². The molecule has 0 amide bonds. The minimum atomic E-state index is -0.567. The van der Waals surface area contributed by atoms with E-state index >= 15 is 0 Å². The first-order valence-electron chi connectivity index (χ1n) is 5.66. The van der Waals surface area contributed by atoms with Crippen LogP contribution < -0.4 is 5.32 Å². The Kier molecular flexibility index (Phi) is 3.07. The van der Waals surface area contributed by atoms with Gasteiger partial charge in [-0.2, -0.15) is 5.10 Å². The minimum Gasteiger partial charge on any atom is -0.388 e. The highest BCUT2D eigenvalue weighted by Crippen LogP contribution is 2.20. The van der Waals surface area contributed by atoms with Gasteiger partial charge in [0, 0.05) is 6.20 Å². The summed E-state index contributed by atoms with van der Waals surface area (Å²) in [4.78, 5) is 0. The largest absolute Gasteiger partial charge is 0.388 e. The Balaban J connectivity index is 2.00. The van der Waals surface area contributed by atoms with E-state index in [1.807, 2.05) is 17.1 Å². The molecule has 1 aliphatic heterocycles. The van der Waals surface area contributed by atoms with Crippen LogP contribution in [0.5, 0.6) is 0 Å². The van der Waals surface area contributed by atoms with Crippen LogP contribution in [0.15, 0.2) is 12.4 Å². The van der Waals surface area contributed by atoms with Crippen LogP contribution in [0.3, 0.4) is 0 Å². The average molecular weight is 209 g/mol. The van der Waals surface area contributed by atoms with Crippen LogP contribution in [-0.4, -0.2) is 33.6 Å². The zero-order valence-electron chi connectivity index (χ0n) is 9.24. The summed E-state index contributed by atoms with van der Waals surface area (Å²) in [5, 5.41) is 17.8. The molecule has 0 bridgehead atoms. The van der Waals surface area contributed by atoms with Gasteiger partial charge in [-0.1, -0.05) is 6.92 Å². The first kappa shape index (κ1) is 10.6. The molecule has 0 unspecified atom stereocenters. The molecule has 4 nitrogen and oxygen atoms in total. The molecular weight excluding hydrogens is 190 g/mol. The molecule has 0 aliphatic carbocycles. The highest BCUT2D eigenvalue weighted by Gasteiger charge is 2.29. The van der Waals surface area contributed by atoms with Crippen molar-refractivity contribution in [2.45, 2.75) is 38.3 Å². The summed E-state index contributed by atoms with van der Waals surface area (Å²) in [7, 11) is 0. The number of aryl methyl sites for hydroxylation is 1. The Labute approximate surface area is 90.3 Å². The molecule has 4 heteroatoms. The fourth-order valence-corrected chi connectivity index (χ4v) is 2.03. The molecule has 0 spiro atoms. The van der Waals surface area contributed by atoms with Gasteiger partial charge in [-0.05, 0) is 37.9 Å². The minimum absolute atomic E-state index is 0.567. The Morgan fingerprint density at radius 1 is 1.53 bits per heavy atom. The lowest BCUT2D eigenvalue weighted by Crippen LogP contribution is -2.44. The Hall–Kier alpha value is -0.870. The number of hydrogen-bond donors (Lipinski definition) is 2. The third-order valence-corrected chi connectivity index (χ3v) is 3.09. The van der Waals surface area contributed by atoms with Crippen molar-refractivity contribution in [3.63, 3.8) is 0 Å². The van der Waals surface area contributed by atoms with Crippen molar-refractivity contribution in [3.05, 3.63) is 18.0 Å². The van der Waals surface area contributed by atoms with E-state index in [1.165, 1.54) is 5.56 Å². The zero-order valence-corrected chi connectivity index (χ0v) is 9.24. The van der Waals surface area contributed by atoms with Gasteiger partial charge in [-0.3, -0.25) is 4.68 Å². The molecule has 1 saturated heterocycles. The molecule has 84 valence electrons. The third-order valence-electron chi connectivity index (χ3n) is 3.09. The van der Waals surface area contributed by atoms with Crippen LogP contribution in [0, 0.1) is 0 Å². The fraction of sp³-hybridized carbons (Fsp3) is 0.727. The molecule has 1 fully saturated rings. The highest BCUT2D eigenvalue weighted by atomic mass is 16.3. The van der Waals surface area contributed by atoms with Gasteiger partial charge in [0.1, 0.15) is 0 Å². The van der Waals surface area contributed by atoms with Gasteiger partial charge in [-0.15, -0.1) is 0 Å². The van der Waals surface area contributed by atoms with Gasteiger partial charge in [-0.25, -0.2) is 0 Å². The van der Waals surface area contributed by atoms with Crippen molar-refractivity contribution < 1.29 is 5.11 Å². The SMILES string of the molecule is CCc1cnn(CC2(O)CCNCC2)c1. The lowest BCUT2D eigenvalue weighted by molar-refractivity contribution is -0.00823. The maximum atomic E-state index is 10.3. The zero-order chi connectivity index (χ0) is 10.7. The third kappa shape index (κ3) is 2.58. The normalized spacial score (nSPS) is 20.4. The van der Waals surface area contributed by atoms with Crippen LogP contribution in [0.2, 0.25) is 0 Å². The van der Waals surface area contributed by atoms with Crippen molar-refractivity contribution in [1.82, 2.24) is 15.1 Å². The molecule has 1 aromatic rings. The summed E-state index contributed by atoms with van der Waals surface area (Å²) in [5.74, 6) is 0. The molecule has 1 aromatic heterocycles. The van der Waals surface area contributed by atoms with Gasteiger partial charge >= 0.3 is 0 Å². The van der Waals surface area contributed by atoms with Gasteiger partial charge in [0.25, 0.3) is 0 Å². The molecule has 0 radical (unpaired) electrons. The molecule has 0 saturated carbocycles. The fourth-order valence-electron chi connectivity index (χ4n) is 2.03. The number of aliphatic hydroxyl groups is 1. The van der Waals surface area contributed by atoms with Crippen LogP contribution in [0.1, 0.15) is 25.3 Å². The van der Waals surface area contributed by atoms with E-state index in [-0.39, 0.29) is 0 Å². The summed E-state index contributed by atoms with van der Waals surface area (Å²) in [6.07, 6.45) is 6.53. The molecule has 0 atom stereocenters. The van der Waals surface area contributed by atoms with Crippen molar-refractivity contribution in [1.29, 1.82) is 0 Å². The molecule has 2 heterocycles. The van der Waals surface area contributed by atoms with Crippen LogP contribution in [0.25, 0.3) is 0 Å². The maximum Gasteiger partial charge on any atom is 0.0866 e. The van der Waals surface area contributed by atoms with Gasteiger partial charge in [0.2, 0.25) is 0 Å². The smallest absolute Gasteiger partial charge is 0.0866 e. The topological polar surface area (TPSA) is 50.1 Å². The van der Waals surface area contributed by atoms with E-state index in [1.54, 1.807) is 0 Å². The number of rotatable bonds is 3. The predicted molar refractivity (Wildman–Crippen MR) is 58.7 cm³/mol. The second-order valence-corrected chi connectivity index (χ2v) is 4.37. The number of nitrogens with one attached hydrogen (secondary N) is 1. The lowest BCUT2D eigenvalue weighted by atomic mass is 9.92. The highest BCUT2D eigenvalue weighted by molar-refractivity contribution is 5.03. The second-order valence-electron chi connectivity index (χ2n) is 4.37. The summed E-state index contributed by atoms with van der Waals surface area (Å²) >= 11 is 0. The number of aromatic nitrogens is 2. The van der Waals surface area contributed by atoms with Gasteiger partial charge in [0.05, 0.1) is 18.3 Å². The molecule has 2 N–H and O–H groups in total. The van der Waals surface area contributed by atoms with Gasteiger partial charge < -0.3 is 10.4 Å². The molecule has 1 aliphatic rings. The molecule has 15 heavy (non-hydrogen) atoms. The first-order valence-corrected chi connectivity index (χ1v) is 5.66. The maximum absolute atomic E-state index is 10.3. The molecule has 2 rings (SSSR count). The number of hydrogen-bond acceptors (Lipinski definition) is 3. The van der Waals surface area contributed by atoms with Crippen molar-refractivity contribution in [2.75, 3.05) is 13.1 Å². The molecular formula is C11H19N3O. The molecule has 0 aromatic carbocycles. The van der Waals surface area contributed by atoms with E-state index in [2.05, 4.69) is 17.3 Å². The average Bonchev–Trinajstić information content (AvgIpc) is 2.66. The lowest BCUT2D eigenvalue weighted by Gasteiger charge is -2.32. The van der Waals surface area contributed by atoms with Crippen LogP contribution in [0.4, 0.5) is 0 Å². The Bertz CT molecular complexity index is 315. The predicted octanol–water partition coefficient (Wildman–Crippen LogP) is 0.560. The Morgan fingerprint density at radius 2 is 2.27 bits per heavy atom. The number of piperidine rings is 1. The van der Waals surface area contributed by atoms with Crippen molar-refractivity contribution in [2.24, 2.45) is 0 Å². The monoisotopic (exact) mass is 209 g/mol. The van der Waals surface area contributed by atoms with Crippen molar-refractivity contribution in [3.8, 4) is 0 Å². The van der Waals surface area contributed by atoms with Crippen LogP contribution in [-0.2, 0) is 13.0 Å². The van der Waals surface area contributed by atoms with E-state index in [4.69, 9.17) is 0 Å². The summed E-state index contributed by atoms with van der Waals surface area (Å²) in [5.41, 5.74) is 0.662. The second kappa shape index (κ2) is 4.33. The van der Waals surface area contributed by atoms with E-state index < -0.39 is 5.60 Å².